The number of thiazole rings is 1. The highest BCUT2D eigenvalue weighted by Crippen LogP contribution is 2.27. The van der Waals surface area contributed by atoms with Gasteiger partial charge in [-0.3, -0.25) is 0 Å². The predicted molar refractivity (Wildman–Crippen MR) is 87.5 cm³/mol. The fourth-order valence-electron chi connectivity index (χ4n) is 2.30. The summed E-state index contributed by atoms with van der Waals surface area (Å²) in [7, 11) is 0. The first-order valence-corrected chi connectivity index (χ1v) is 7.96. The molecule has 0 aromatic carbocycles. The number of hydrogen-bond acceptors (Lipinski definition) is 7. The summed E-state index contributed by atoms with van der Waals surface area (Å²) in [5.74, 6) is 1.00. The van der Waals surface area contributed by atoms with Crippen molar-refractivity contribution in [3.8, 4) is 0 Å². The first-order chi connectivity index (χ1) is 10.0. The summed E-state index contributed by atoms with van der Waals surface area (Å²) >= 11 is 7.69. The van der Waals surface area contributed by atoms with Crippen LogP contribution in [0.25, 0.3) is 0 Å². The quantitative estimate of drug-likeness (QED) is 0.853. The van der Waals surface area contributed by atoms with Gasteiger partial charge in [0.15, 0.2) is 5.13 Å². The van der Waals surface area contributed by atoms with Crippen LogP contribution in [0, 0.1) is 13.8 Å². The Labute approximate surface area is 132 Å². The second kappa shape index (κ2) is 5.65. The van der Waals surface area contributed by atoms with Gasteiger partial charge < -0.3 is 15.5 Å². The van der Waals surface area contributed by atoms with Crippen LogP contribution in [0.4, 0.5) is 16.9 Å². The molecule has 1 aliphatic heterocycles. The van der Waals surface area contributed by atoms with Crippen molar-refractivity contribution in [2.45, 2.75) is 13.8 Å². The highest BCUT2D eigenvalue weighted by atomic mass is 35.5. The molecule has 21 heavy (non-hydrogen) atoms. The van der Waals surface area contributed by atoms with E-state index in [1.807, 2.05) is 0 Å². The minimum Gasteiger partial charge on any atom is -0.368 e. The van der Waals surface area contributed by atoms with E-state index in [9.17, 15) is 0 Å². The monoisotopic (exact) mass is 324 g/mol. The van der Waals surface area contributed by atoms with Gasteiger partial charge in [-0.15, -0.1) is 11.3 Å². The summed E-state index contributed by atoms with van der Waals surface area (Å²) in [6, 6.07) is 1.76. The van der Waals surface area contributed by atoms with E-state index in [0.29, 0.717) is 5.15 Å². The van der Waals surface area contributed by atoms with Crippen molar-refractivity contribution in [1.82, 2.24) is 15.0 Å². The summed E-state index contributed by atoms with van der Waals surface area (Å²) in [5, 5.41) is 1.48. The molecule has 8 heteroatoms. The van der Waals surface area contributed by atoms with E-state index in [-0.39, 0.29) is 5.95 Å². The zero-order valence-electron chi connectivity index (χ0n) is 12.0. The Bertz CT molecular complexity index is 610. The Balaban J connectivity index is 1.70. The molecule has 2 aromatic rings. The van der Waals surface area contributed by atoms with Crippen LogP contribution in [0.3, 0.4) is 0 Å². The van der Waals surface area contributed by atoms with Crippen LogP contribution in [0.15, 0.2) is 6.07 Å². The van der Waals surface area contributed by atoms with Crippen LogP contribution in [-0.2, 0) is 0 Å². The van der Waals surface area contributed by atoms with Crippen LogP contribution >= 0.6 is 22.9 Å². The molecule has 0 radical (unpaired) electrons. The number of nitrogens with two attached hydrogens (primary N) is 1. The van der Waals surface area contributed by atoms with E-state index in [4.69, 9.17) is 17.3 Å². The predicted octanol–water partition coefficient (Wildman–Crippen LogP) is 2.11. The molecule has 6 nitrogen and oxygen atoms in total. The number of rotatable bonds is 2. The number of piperazine rings is 1. The molecule has 0 unspecified atom stereocenters. The second-order valence-electron chi connectivity index (χ2n) is 5.02. The molecule has 0 amide bonds. The Morgan fingerprint density at radius 3 is 2.33 bits per heavy atom. The third-order valence-electron chi connectivity index (χ3n) is 3.59. The number of nitrogen functional groups attached to an aromatic ring is 1. The molecule has 0 saturated carbocycles. The van der Waals surface area contributed by atoms with Gasteiger partial charge in [0.2, 0.25) is 5.95 Å². The molecule has 0 aliphatic carbocycles. The molecule has 112 valence electrons. The zero-order valence-corrected chi connectivity index (χ0v) is 13.6. The lowest BCUT2D eigenvalue weighted by Gasteiger charge is -2.35. The average molecular weight is 325 g/mol. The van der Waals surface area contributed by atoms with Gasteiger partial charge in [-0.05, 0) is 13.8 Å². The van der Waals surface area contributed by atoms with Crippen molar-refractivity contribution in [3.05, 3.63) is 21.8 Å². The van der Waals surface area contributed by atoms with Crippen LogP contribution in [-0.4, -0.2) is 41.1 Å². The molecule has 2 aromatic heterocycles. The lowest BCUT2D eigenvalue weighted by Crippen LogP contribution is -2.46. The molecule has 3 rings (SSSR count). The van der Waals surface area contributed by atoms with Gasteiger partial charge in [-0.2, -0.15) is 4.98 Å². The number of aromatic nitrogens is 3. The van der Waals surface area contributed by atoms with Crippen molar-refractivity contribution in [2.75, 3.05) is 41.7 Å². The highest BCUT2D eigenvalue weighted by molar-refractivity contribution is 7.15. The Morgan fingerprint density at radius 1 is 1.10 bits per heavy atom. The fraction of sp³-hybridized carbons (Fsp3) is 0.462. The highest BCUT2D eigenvalue weighted by Gasteiger charge is 2.21. The largest absolute Gasteiger partial charge is 0.368 e. The summed E-state index contributed by atoms with van der Waals surface area (Å²) in [5.41, 5.74) is 6.77. The third-order valence-corrected chi connectivity index (χ3v) is 4.92. The second-order valence-corrected chi connectivity index (χ2v) is 6.59. The van der Waals surface area contributed by atoms with E-state index in [1.165, 1.54) is 4.88 Å². The van der Waals surface area contributed by atoms with Crippen molar-refractivity contribution in [1.29, 1.82) is 0 Å². The van der Waals surface area contributed by atoms with Gasteiger partial charge >= 0.3 is 0 Å². The van der Waals surface area contributed by atoms with E-state index in [2.05, 4.69) is 38.6 Å². The topological polar surface area (TPSA) is 71.2 Å². The van der Waals surface area contributed by atoms with E-state index < -0.39 is 0 Å². The lowest BCUT2D eigenvalue weighted by molar-refractivity contribution is 0.645. The Kier molecular flexibility index (Phi) is 3.86. The van der Waals surface area contributed by atoms with Gasteiger partial charge in [-0.1, -0.05) is 11.6 Å². The summed E-state index contributed by atoms with van der Waals surface area (Å²) in [6.45, 7) is 7.71. The number of anilines is 3. The van der Waals surface area contributed by atoms with Crippen molar-refractivity contribution in [2.24, 2.45) is 0 Å². The molecular formula is C13H17ClN6S. The maximum Gasteiger partial charge on any atom is 0.223 e. The van der Waals surface area contributed by atoms with Gasteiger partial charge in [0.05, 0.1) is 5.69 Å². The maximum atomic E-state index is 5.94. The lowest BCUT2D eigenvalue weighted by atomic mass is 10.3. The molecule has 2 N–H and O–H groups in total. The van der Waals surface area contributed by atoms with Crippen LogP contribution < -0.4 is 15.5 Å². The van der Waals surface area contributed by atoms with E-state index in [1.54, 1.807) is 17.4 Å². The number of halogens is 1. The number of aryl methyl sites for hydroxylation is 2. The summed E-state index contributed by atoms with van der Waals surface area (Å²) in [6.07, 6.45) is 0. The van der Waals surface area contributed by atoms with Gasteiger partial charge in [0, 0.05) is 37.1 Å². The molecule has 1 saturated heterocycles. The minimum absolute atomic E-state index is 0.214. The molecule has 0 atom stereocenters. The van der Waals surface area contributed by atoms with Gasteiger partial charge in [0.1, 0.15) is 11.0 Å². The summed E-state index contributed by atoms with van der Waals surface area (Å²) in [4.78, 5) is 18.5. The van der Waals surface area contributed by atoms with Crippen LogP contribution in [0.2, 0.25) is 5.15 Å². The third kappa shape index (κ3) is 3.03. The summed E-state index contributed by atoms with van der Waals surface area (Å²) < 4.78 is 0. The van der Waals surface area contributed by atoms with Crippen molar-refractivity contribution >= 4 is 39.8 Å². The van der Waals surface area contributed by atoms with E-state index in [0.717, 1.165) is 42.8 Å². The molecule has 0 bridgehead atoms. The smallest absolute Gasteiger partial charge is 0.223 e. The minimum atomic E-state index is 0.214. The van der Waals surface area contributed by atoms with Crippen LogP contribution in [0.5, 0.6) is 0 Å². The van der Waals surface area contributed by atoms with Gasteiger partial charge in [0.25, 0.3) is 0 Å². The molecule has 0 spiro atoms. The van der Waals surface area contributed by atoms with Crippen molar-refractivity contribution < 1.29 is 0 Å². The van der Waals surface area contributed by atoms with E-state index >= 15 is 0 Å². The SMILES string of the molecule is Cc1nc(N2CCN(c3cc(Cl)nc(N)n3)CC2)sc1C. The molecule has 1 aliphatic rings. The zero-order chi connectivity index (χ0) is 15.0. The van der Waals surface area contributed by atoms with Gasteiger partial charge in [-0.25, -0.2) is 9.97 Å². The standard InChI is InChI=1S/C13H17ClN6S/c1-8-9(2)21-13(16-8)20-5-3-19(4-6-20)11-7-10(14)17-12(15)18-11/h7H,3-6H2,1-2H3,(H2,15,17,18). The number of hydrogen-bond donors (Lipinski definition) is 1. The van der Waals surface area contributed by atoms with Crippen molar-refractivity contribution in [3.63, 3.8) is 0 Å². The normalized spacial score (nSPS) is 15.6. The first kappa shape index (κ1) is 14.3. The fourth-order valence-corrected chi connectivity index (χ4v) is 3.45. The Morgan fingerprint density at radius 2 is 1.76 bits per heavy atom. The molecule has 3 heterocycles. The Hall–Kier alpha value is -1.60. The molecular weight excluding hydrogens is 308 g/mol. The average Bonchev–Trinajstić information content (AvgIpc) is 2.78. The van der Waals surface area contributed by atoms with Crippen LogP contribution in [0.1, 0.15) is 10.6 Å². The molecule has 1 fully saturated rings. The first-order valence-electron chi connectivity index (χ1n) is 6.77. The number of nitrogens with zero attached hydrogens (tertiary/aromatic N) is 5. The maximum absolute atomic E-state index is 5.94.